The summed E-state index contributed by atoms with van der Waals surface area (Å²) in [4.78, 5) is 32.8. The Labute approximate surface area is 246 Å². The van der Waals surface area contributed by atoms with Crippen molar-refractivity contribution in [3.05, 3.63) is 101 Å². The number of likely N-dealkylation sites (N-methyl/N-ethyl adjacent to an activating group) is 1. The Hall–Kier alpha value is -5.03. The summed E-state index contributed by atoms with van der Waals surface area (Å²) in [6.07, 6.45) is -1.01. The third-order valence-electron chi connectivity index (χ3n) is 7.51. The van der Waals surface area contributed by atoms with Crippen LogP contribution in [0, 0.1) is 0 Å². The number of carbonyl (C=O) groups is 2. The maximum Gasteiger partial charge on any atom is 0.416 e. The van der Waals surface area contributed by atoms with E-state index in [-0.39, 0.29) is 11.5 Å². The second kappa shape index (κ2) is 11.3. The van der Waals surface area contributed by atoms with Gasteiger partial charge in [0.25, 0.3) is 11.8 Å². The molecular formula is C32H29F3N6O2. The van der Waals surface area contributed by atoms with Crippen molar-refractivity contribution >= 4 is 51.9 Å². The second-order valence-corrected chi connectivity index (χ2v) is 10.6. The fourth-order valence-corrected chi connectivity index (χ4v) is 5.20. The molecule has 220 valence electrons. The zero-order chi connectivity index (χ0) is 30.1. The van der Waals surface area contributed by atoms with Crippen molar-refractivity contribution in [1.29, 1.82) is 0 Å². The highest BCUT2D eigenvalue weighted by Crippen LogP contribution is 2.36. The first-order chi connectivity index (χ1) is 20.6. The molecule has 0 saturated carbocycles. The molecule has 0 bridgehead atoms. The molecule has 8 nitrogen and oxygen atoms in total. The van der Waals surface area contributed by atoms with Crippen LogP contribution < -0.4 is 20.9 Å². The molecule has 0 atom stereocenters. The molecule has 2 aliphatic heterocycles. The van der Waals surface area contributed by atoms with E-state index >= 15 is 0 Å². The zero-order valence-electron chi connectivity index (χ0n) is 23.3. The van der Waals surface area contributed by atoms with E-state index in [0.29, 0.717) is 47.1 Å². The highest BCUT2D eigenvalue weighted by molar-refractivity contribution is 6.35. The smallest absolute Gasteiger partial charge is 0.369 e. The Morgan fingerprint density at radius 3 is 2.42 bits per heavy atom. The van der Waals surface area contributed by atoms with Crippen molar-refractivity contribution in [2.75, 3.05) is 54.1 Å². The summed E-state index contributed by atoms with van der Waals surface area (Å²) in [7, 11) is 1.97. The van der Waals surface area contributed by atoms with E-state index in [0.717, 1.165) is 36.5 Å². The second-order valence-electron chi connectivity index (χ2n) is 10.6. The summed E-state index contributed by atoms with van der Waals surface area (Å²) in [6, 6.07) is 19.6. The standard InChI is InChI=1S/C32H29F3N6O2/c1-40-10-12-41(13-11-40)26-15-20(14-21(16-26)32(33,34)35)30(42)38-24-5-2-4-23(17-24)37-25-7-8-27-28(18-22-6-3-9-36-22)31(43)39-29(27)19-25/h2-9,14-19,36-37H,10-13H2,1H3,(H,38,42)(H,39,43). The average molecular weight is 587 g/mol. The van der Waals surface area contributed by atoms with Gasteiger partial charge in [-0.25, -0.2) is 0 Å². The van der Waals surface area contributed by atoms with Crippen molar-refractivity contribution in [1.82, 2.24) is 9.88 Å². The largest absolute Gasteiger partial charge is 0.416 e. The van der Waals surface area contributed by atoms with E-state index in [4.69, 9.17) is 0 Å². The quantitative estimate of drug-likeness (QED) is 0.200. The number of anilines is 5. The van der Waals surface area contributed by atoms with E-state index in [9.17, 15) is 22.8 Å². The maximum atomic E-state index is 13.7. The lowest BCUT2D eigenvalue weighted by Crippen LogP contribution is -2.44. The number of aromatic nitrogens is 1. The number of alkyl halides is 3. The van der Waals surface area contributed by atoms with Crippen molar-refractivity contribution in [2.24, 2.45) is 0 Å². The molecule has 1 fully saturated rings. The highest BCUT2D eigenvalue weighted by atomic mass is 19.4. The number of aromatic amines is 1. The van der Waals surface area contributed by atoms with Gasteiger partial charge in [-0.3, -0.25) is 9.59 Å². The van der Waals surface area contributed by atoms with Gasteiger partial charge in [0.2, 0.25) is 0 Å². The van der Waals surface area contributed by atoms with Gasteiger partial charge in [-0.1, -0.05) is 12.1 Å². The van der Waals surface area contributed by atoms with Crippen LogP contribution in [0.4, 0.5) is 41.6 Å². The highest BCUT2D eigenvalue weighted by Gasteiger charge is 2.33. The number of amides is 2. The number of hydrogen-bond acceptors (Lipinski definition) is 5. The predicted molar refractivity (Wildman–Crippen MR) is 163 cm³/mol. The molecule has 1 aromatic heterocycles. The van der Waals surface area contributed by atoms with Gasteiger partial charge in [-0.05, 0) is 73.8 Å². The van der Waals surface area contributed by atoms with Crippen molar-refractivity contribution < 1.29 is 22.8 Å². The summed E-state index contributed by atoms with van der Waals surface area (Å²) in [6.45, 7) is 2.59. The van der Waals surface area contributed by atoms with Crippen LogP contribution in [-0.2, 0) is 11.0 Å². The Balaban J connectivity index is 1.19. The summed E-state index contributed by atoms with van der Waals surface area (Å²) < 4.78 is 41.2. The Morgan fingerprint density at radius 2 is 1.67 bits per heavy atom. The van der Waals surface area contributed by atoms with Crippen LogP contribution in [0.3, 0.4) is 0 Å². The van der Waals surface area contributed by atoms with Gasteiger partial charge in [-0.2, -0.15) is 13.2 Å². The first-order valence-electron chi connectivity index (χ1n) is 13.8. The zero-order valence-corrected chi connectivity index (χ0v) is 23.3. The number of carbonyl (C=O) groups excluding carboxylic acids is 2. The molecule has 1 saturated heterocycles. The summed E-state index contributed by atoms with van der Waals surface area (Å²) >= 11 is 0. The summed E-state index contributed by atoms with van der Waals surface area (Å²) in [5.74, 6) is -0.836. The van der Waals surface area contributed by atoms with E-state index in [1.165, 1.54) is 6.07 Å². The predicted octanol–water partition coefficient (Wildman–Crippen LogP) is 6.27. The van der Waals surface area contributed by atoms with E-state index in [1.54, 1.807) is 36.5 Å². The molecule has 0 radical (unpaired) electrons. The third-order valence-corrected chi connectivity index (χ3v) is 7.51. The van der Waals surface area contributed by atoms with Crippen molar-refractivity contribution in [3.63, 3.8) is 0 Å². The molecule has 3 aromatic carbocycles. The van der Waals surface area contributed by atoms with Gasteiger partial charge in [0.05, 0.1) is 16.8 Å². The van der Waals surface area contributed by atoms with Crippen LogP contribution in [0.5, 0.6) is 0 Å². The van der Waals surface area contributed by atoms with E-state index < -0.39 is 17.6 Å². The molecule has 2 aliphatic rings. The molecule has 4 N–H and O–H groups in total. The van der Waals surface area contributed by atoms with Crippen LogP contribution in [-0.4, -0.2) is 54.9 Å². The molecule has 6 rings (SSSR count). The van der Waals surface area contributed by atoms with Crippen LogP contribution in [0.25, 0.3) is 11.6 Å². The third kappa shape index (κ3) is 6.26. The van der Waals surface area contributed by atoms with Crippen LogP contribution in [0.2, 0.25) is 0 Å². The lowest BCUT2D eigenvalue weighted by Gasteiger charge is -2.34. The lowest BCUT2D eigenvalue weighted by molar-refractivity contribution is -0.137. The SMILES string of the molecule is CN1CCN(c2cc(C(=O)Nc3cccc(Nc4ccc5c(c4)NC(=O)C5=Cc4ccc[nH]4)c3)cc(C(F)(F)F)c2)CC1. The number of piperazine rings is 1. The summed E-state index contributed by atoms with van der Waals surface area (Å²) in [5.41, 5.74) is 4.03. The van der Waals surface area contributed by atoms with Crippen LogP contribution in [0.15, 0.2) is 79.0 Å². The fraction of sp³-hybridized carbons (Fsp3) is 0.188. The monoisotopic (exact) mass is 586 g/mol. The lowest BCUT2D eigenvalue weighted by atomic mass is 10.1. The molecule has 0 spiro atoms. The number of benzene rings is 3. The van der Waals surface area contributed by atoms with Gasteiger partial charge >= 0.3 is 6.18 Å². The molecule has 2 amide bonds. The summed E-state index contributed by atoms with van der Waals surface area (Å²) in [5, 5.41) is 8.88. The minimum atomic E-state index is -4.59. The number of rotatable bonds is 6. The molecular weight excluding hydrogens is 557 g/mol. The normalized spacial score (nSPS) is 16.2. The molecule has 11 heteroatoms. The average Bonchev–Trinajstić information content (AvgIpc) is 3.60. The number of nitrogens with zero attached hydrogens (tertiary/aromatic N) is 2. The minimum absolute atomic E-state index is 0.0697. The van der Waals surface area contributed by atoms with E-state index in [1.807, 2.05) is 42.3 Å². The first kappa shape index (κ1) is 28.1. The number of hydrogen-bond donors (Lipinski definition) is 4. The van der Waals surface area contributed by atoms with Gasteiger partial charge in [0.15, 0.2) is 0 Å². The Kier molecular flexibility index (Phi) is 7.41. The number of halogens is 3. The fourth-order valence-electron chi connectivity index (χ4n) is 5.20. The van der Waals surface area contributed by atoms with Crippen molar-refractivity contribution in [2.45, 2.75) is 6.18 Å². The van der Waals surface area contributed by atoms with Gasteiger partial charge < -0.3 is 30.7 Å². The number of H-pyrrole nitrogens is 1. The van der Waals surface area contributed by atoms with Gasteiger partial charge in [-0.15, -0.1) is 0 Å². The molecule has 0 unspecified atom stereocenters. The van der Waals surface area contributed by atoms with Crippen molar-refractivity contribution in [3.8, 4) is 0 Å². The van der Waals surface area contributed by atoms with Gasteiger partial charge in [0, 0.05) is 71.9 Å². The molecule has 0 aliphatic carbocycles. The van der Waals surface area contributed by atoms with Gasteiger partial charge in [0.1, 0.15) is 0 Å². The molecule has 3 heterocycles. The molecule has 4 aromatic rings. The Morgan fingerprint density at radius 1 is 0.907 bits per heavy atom. The molecule has 43 heavy (non-hydrogen) atoms. The topological polar surface area (TPSA) is 92.5 Å². The minimum Gasteiger partial charge on any atom is -0.369 e. The number of nitrogens with one attached hydrogen (secondary N) is 4. The van der Waals surface area contributed by atoms with Crippen LogP contribution in [0.1, 0.15) is 27.2 Å². The maximum absolute atomic E-state index is 13.7. The van der Waals surface area contributed by atoms with E-state index in [2.05, 4.69) is 25.8 Å². The first-order valence-corrected chi connectivity index (χ1v) is 13.8. The number of fused-ring (bicyclic) bond motifs is 1. The van der Waals surface area contributed by atoms with Crippen LogP contribution >= 0.6 is 0 Å². The Bertz CT molecular complexity index is 1710.